The molecule has 152 valence electrons. The van der Waals surface area contributed by atoms with Gasteiger partial charge in [-0.3, -0.25) is 4.57 Å². The van der Waals surface area contributed by atoms with Crippen molar-refractivity contribution in [2.24, 2.45) is 0 Å². The van der Waals surface area contributed by atoms with E-state index in [1.54, 1.807) is 28.8 Å². The number of anilines is 1. The topological polar surface area (TPSA) is 103 Å². The Morgan fingerprint density at radius 1 is 0.935 bits per heavy atom. The van der Waals surface area contributed by atoms with E-state index in [0.717, 1.165) is 5.56 Å². The van der Waals surface area contributed by atoms with E-state index in [1.165, 1.54) is 0 Å². The summed E-state index contributed by atoms with van der Waals surface area (Å²) in [5, 5.41) is 9.95. The molecular weight excluding hydrogens is 392 g/mol. The molecule has 0 unspecified atom stereocenters. The maximum absolute atomic E-state index is 13.1. The molecule has 0 fully saturated rings. The van der Waals surface area contributed by atoms with Crippen molar-refractivity contribution in [2.45, 2.75) is 6.61 Å². The van der Waals surface area contributed by atoms with E-state index >= 15 is 0 Å². The van der Waals surface area contributed by atoms with E-state index in [2.05, 4.69) is 4.98 Å². The highest BCUT2D eigenvalue weighted by molar-refractivity contribution is 6.09. The summed E-state index contributed by atoms with van der Waals surface area (Å²) >= 11 is 0. The Morgan fingerprint density at radius 2 is 1.65 bits per heavy atom. The van der Waals surface area contributed by atoms with Gasteiger partial charge >= 0.3 is 5.97 Å². The van der Waals surface area contributed by atoms with Gasteiger partial charge in [0, 0.05) is 6.07 Å². The summed E-state index contributed by atoms with van der Waals surface area (Å²) in [6.45, 7) is 0.110. The van der Waals surface area contributed by atoms with E-state index in [1.807, 2.05) is 54.6 Å². The van der Waals surface area contributed by atoms with Crippen LogP contribution in [0.2, 0.25) is 0 Å². The fraction of sp³-hybridized carbons (Fsp3) is 0.0417. The van der Waals surface area contributed by atoms with Gasteiger partial charge in [0.25, 0.3) is 0 Å². The van der Waals surface area contributed by atoms with Gasteiger partial charge in [0.05, 0.1) is 16.7 Å². The van der Waals surface area contributed by atoms with Crippen LogP contribution >= 0.6 is 0 Å². The number of nitrogen functional groups attached to an aromatic ring is 1. The van der Waals surface area contributed by atoms with Gasteiger partial charge in [-0.2, -0.15) is 0 Å². The van der Waals surface area contributed by atoms with Crippen LogP contribution in [0.1, 0.15) is 15.9 Å². The normalized spacial score (nSPS) is 11.1. The molecule has 0 aliphatic carbocycles. The van der Waals surface area contributed by atoms with Gasteiger partial charge in [-0.1, -0.05) is 48.5 Å². The molecule has 2 aromatic heterocycles. The molecule has 0 amide bonds. The summed E-state index contributed by atoms with van der Waals surface area (Å²) in [6, 6.07) is 23.3. The van der Waals surface area contributed by atoms with E-state index in [-0.39, 0.29) is 23.7 Å². The third-order valence-electron chi connectivity index (χ3n) is 5.00. The van der Waals surface area contributed by atoms with Crippen LogP contribution in [-0.4, -0.2) is 25.6 Å². The summed E-state index contributed by atoms with van der Waals surface area (Å²) in [6.07, 6.45) is 0. The molecule has 5 aromatic rings. The molecule has 2 heterocycles. The number of nitrogens with zero attached hydrogens (tertiary/aromatic N) is 3. The SMILES string of the molecule is Nc1c(C(=O)OCc2ccccc2)c2nc3ccccc3nc2n1-c1cccc(O)c1. The average molecular weight is 410 g/mol. The summed E-state index contributed by atoms with van der Waals surface area (Å²) < 4.78 is 7.14. The van der Waals surface area contributed by atoms with Crippen molar-refractivity contribution < 1.29 is 14.6 Å². The minimum absolute atomic E-state index is 0.0701. The Balaban J connectivity index is 1.69. The number of carbonyl (C=O) groups is 1. The van der Waals surface area contributed by atoms with Crippen LogP contribution in [0, 0.1) is 0 Å². The Labute approximate surface area is 177 Å². The second-order valence-corrected chi connectivity index (χ2v) is 7.06. The van der Waals surface area contributed by atoms with E-state index < -0.39 is 5.97 Å². The zero-order valence-electron chi connectivity index (χ0n) is 16.4. The quantitative estimate of drug-likeness (QED) is 0.430. The number of hydrogen-bond donors (Lipinski definition) is 2. The third-order valence-corrected chi connectivity index (χ3v) is 5.00. The number of carbonyl (C=O) groups excluding carboxylic acids is 1. The van der Waals surface area contributed by atoms with Crippen LogP contribution in [0.5, 0.6) is 5.75 Å². The van der Waals surface area contributed by atoms with Gasteiger partial charge in [-0.25, -0.2) is 14.8 Å². The number of nitrogens with two attached hydrogens (primary N) is 1. The first-order valence-corrected chi connectivity index (χ1v) is 9.69. The fourth-order valence-electron chi connectivity index (χ4n) is 3.55. The molecule has 3 N–H and O–H groups in total. The van der Waals surface area contributed by atoms with Gasteiger partial charge in [0.15, 0.2) is 5.65 Å². The van der Waals surface area contributed by atoms with Crippen LogP contribution in [0.4, 0.5) is 5.82 Å². The highest BCUT2D eigenvalue weighted by atomic mass is 16.5. The second kappa shape index (κ2) is 7.46. The molecule has 0 radical (unpaired) electrons. The van der Waals surface area contributed by atoms with Crippen LogP contribution < -0.4 is 5.73 Å². The van der Waals surface area contributed by atoms with E-state index in [4.69, 9.17) is 15.5 Å². The Kier molecular flexibility index (Phi) is 4.48. The van der Waals surface area contributed by atoms with Crippen LogP contribution in [0.15, 0.2) is 78.9 Å². The lowest BCUT2D eigenvalue weighted by atomic mass is 10.2. The first kappa shape index (κ1) is 18.6. The number of hydrogen-bond acceptors (Lipinski definition) is 6. The van der Waals surface area contributed by atoms with Gasteiger partial charge in [0.1, 0.15) is 29.3 Å². The van der Waals surface area contributed by atoms with Gasteiger partial charge in [0.2, 0.25) is 0 Å². The number of para-hydroxylation sites is 2. The predicted octanol–water partition coefficient (Wildman–Crippen LogP) is 4.22. The molecule has 0 saturated carbocycles. The maximum atomic E-state index is 13.1. The van der Waals surface area contributed by atoms with Gasteiger partial charge in [-0.15, -0.1) is 0 Å². The lowest BCUT2D eigenvalue weighted by Gasteiger charge is -2.08. The number of benzene rings is 3. The highest BCUT2D eigenvalue weighted by Crippen LogP contribution is 2.32. The molecule has 31 heavy (non-hydrogen) atoms. The average Bonchev–Trinajstić information content (AvgIpc) is 3.07. The van der Waals surface area contributed by atoms with E-state index in [0.29, 0.717) is 27.9 Å². The van der Waals surface area contributed by atoms with E-state index in [9.17, 15) is 9.90 Å². The molecular formula is C24H18N4O3. The van der Waals surface area contributed by atoms with Crippen molar-refractivity contribution in [3.63, 3.8) is 0 Å². The monoisotopic (exact) mass is 410 g/mol. The molecule has 3 aromatic carbocycles. The van der Waals surface area contributed by atoms with Crippen LogP contribution in [0.25, 0.3) is 27.9 Å². The molecule has 5 rings (SSSR count). The number of aromatic nitrogens is 3. The third kappa shape index (κ3) is 3.32. The van der Waals surface area contributed by atoms with Crippen molar-refractivity contribution in [3.05, 3.63) is 90.0 Å². The Hall–Kier alpha value is -4.39. The summed E-state index contributed by atoms with van der Waals surface area (Å²) in [7, 11) is 0. The lowest BCUT2D eigenvalue weighted by molar-refractivity contribution is 0.0476. The number of fused-ring (bicyclic) bond motifs is 2. The van der Waals surface area contributed by atoms with Crippen molar-refractivity contribution >= 4 is 34.0 Å². The largest absolute Gasteiger partial charge is 0.508 e. The number of esters is 1. The number of ether oxygens (including phenoxy) is 1. The molecule has 0 spiro atoms. The van der Waals surface area contributed by atoms with Gasteiger partial charge < -0.3 is 15.6 Å². The van der Waals surface area contributed by atoms with Crippen molar-refractivity contribution in [1.29, 1.82) is 0 Å². The van der Waals surface area contributed by atoms with Crippen molar-refractivity contribution in [3.8, 4) is 11.4 Å². The smallest absolute Gasteiger partial charge is 0.344 e. The molecule has 7 heteroatoms. The first-order valence-electron chi connectivity index (χ1n) is 9.69. The molecule has 0 atom stereocenters. The van der Waals surface area contributed by atoms with Crippen LogP contribution in [-0.2, 0) is 11.3 Å². The number of phenolic OH excluding ortho intramolecular Hbond substituents is 1. The van der Waals surface area contributed by atoms with Gasteiger partial charge in [-0.05, 0) is 29.8 Å². The molecule has 0 saturated heterocycles. The molecule has 0 bridgehead atoms. The predicted molar refractivity (Wildman–Crippen MR) is 118 cm³/mol. The van der Waals surface area contributed by atoms with Crippen LogP contribution in [0.3, 0.4) is 0 Å². The standard InChI is InChI=1S/C24H18N4O3/c25-22-20(24(30)31-14-15-7-2-1-3-8-15)21-23(27-19-12-5-4-11-18(19)26-21)28(22)16-9-6-10-17(29)13-16/h1-13,29H,14,25H2. The summed E-state index contributed by atoms with van der Waals surface area (Å²) in [5.74, 6) is -0.371. The fourth-order valence-corrected chi connectivity index (χ4v) is 3.55. The maximum Gasteiger partial charge on any atom is 0.344 e. The zero-order valence-corrected chi connectivity index (χ0v) is 16.4. The zero-order chi connectivity index (χ0) is 21.4. The van der Waals surface area contributed by atoms with Crippen molar-refractivity contribution in [2.75, 3.05) is 5.73 Å². The number of phenols is 1. The number of aromatic hydroxyl groups is 1. The molecule has 0 aliphatic heterocycles. The Morgan fingerprint density at radius 3 is 2.39 bits per heavy atom. The first-order chi connectivity index (χ1) is 15.1. The van der Waals surface area contributed by atoms with Crippen molar-refractivity contribution in [1.82, 2.24) is 14.5 Å². The summed E-state index contributed by atoms with van der Waals surface area (Å²) in [5.41, 5.74) is 10.1. The number of rotatable bonds is 4. The minimum atomic E-state index is -0.588. The lowest BCUT2D eigenvalue weighted by Crippen LogP contribution is -2.09. The molecule has 0 aliphatic rings. The Bertz CT molecular complexity index is 1430. The second-order valence-electron chi connectivity index (χ2n) is 7.06. The minimum Gasteiger partial charge on any atom is -0.508 e. The summed E-state index contributed by atoms with van der Waals surface area (Å²) in [4.78, 5) is 22.4. The highest BCUT2D eigenvalue weighted by Gasteiger charge is 2.26. The molecule has 7 nitrogen and oxygen atoms in total.